The van der Waals surface area contributed by atoms with Crippen LogP contribution >= 0.6 is 0 Å². The Labute approximate surface area is 212 Å². The molecular formula is C28H25FN6O2. The zero-order valence-corrected chi connectivity index (χ0v) is 20.1. The van der Waals surface area contributed by atoms with Gasteiger partial charge in [-0.15, -0.1) is 0 Å². The first-order valence-corrected chi connectivity index (χ1v) is 11.8. The summed E-state index contributed by atoms with van der Waals surface area (Å²) in [7, 11) is 0. The lowest BCUT2D eigenvalue weighted by molar-refractivity contribution is 0.0944. The highest BCUT2D eigenvalue weighted by Crippen LogP contribution is 2.31. The number of amides is 1. The molecule has 9 heteroatoms. The van der Waals surface area contributed by atoms with Gasteiger partial charge >= 0.3 is 0 Å². The molecule has 0 atom stereocenters. The monoisotopic (exact) mass is 496 g/mol. The Hall–Kier alpha value is -4.63. The third-order valence-corrected chi connectivity index (χ3v) is 5.83. The predicted octanol–water partition coefficient (Wildman–Crippen LogP) is 4.47. The largest absolute Gasteiger partial charge is 0.395 e. The number of H-pyrrole nitrogens is 1. The van der Waals surface area contributed by atoms with Crippen molar-refractivity contribution in [2.24, 2.45) is 0 Å². The van der Waals surface area contributed by atoms with Gasteiger partial charge in [0.2, 0.25) is 0 Å². The number of aromatic nitrogens is 4. The Morgan fingerprint density at radius 1 is 1.05 bits per heavy atom. The topological polar surface area (TPSA) is 116 Å². The fourth-order valence-electron chi connectivity index (χ4n) is 4.04. The van der Waals surface area contributed by atoms with Gasteiger partial charge in [0.25, 0.3) is 5.91 Å². The Morgan fingerprint density at radius 3 is 2.73 bits per heavy atom. The molecule has 0 aliphatic heterocycles. The Balaban J connectivity index is 1.54. The number of para-hydroxylation sites is 1. The highest BCUT2D eigenvalue weighted by atomic mass is 19.1. The van der Waals surface area contributed by atoms with Gasteiger partial charge < -0.3 is 20.7 Å². The number of carbonyl (C=O) groups excluding carboxylic acids is 1. The Bertz CT molecular complexity index is 1580. The number of benzene rings is 2. The molecule has 2 aromatic carbocycles. The maximum Gasteiger partial charge on any atom is 0.252 e. The smallest absolute Gasteiger partial charge is 0.252 e. The first-order chi connectivity index (χ1) is 18.0. The molecule has 0 saturated carbocycles. The van der Waals surface area contributed by atoms with Gasteiger partial charge in [0.05, 0.1) is 47.0 Å². The molecule has 0 bridgehead atoms. The molecule has 0 fully saturated rings. The molecule has 1 amide bonds. The minimum atomic E-state index is -0.337. The number of anilines is 1. The molecule has 0 spiro atoms. The van der Waals surface area contributed by atoms with E-state index in [9.17, 15) is 9.18 Å². The summed E-state index contributed by atoms with van der Waals surface area (Å²) in [5.74, 6) is -0.0256. The minimum Gasteiger partial charge on any atom is -0.395 e. The highest BCUT2D eigenvalue weighted by Gasteiger charge is 2.17. The summed E-state index contributed by atoms with van der Waals surface area (Å²) in [4.78, 5) is 29.6. The van der Waals surface area contributed by atoms with Crippen molar-refractivity contribution in [3.05, 3.63) is 95.8 Å². The molecular weight excluding hydrogens is 471 g/mol. The van der Waals surface area contributed by atoms with Crippen LogP contribution in [0, 0.1) is 12.7 Å². The van der Waals surface area contributed by atoms with Crippen LogP contribution in [-0.2, 0) is 6.54 Å². The van der Waals surface area contributed by atoms with Crippen LogP contribution in [0.4, 0.5) is 10.1 Å². The minimum absolute atomic E-state index is 0.139. The van der Waals surface area contributed by atoms with E-state index >= 15 is 0 Å². The molecule has 3 aromatic heterocycles. The van der Waals surface area contributed by atoms with E-state index in [1.54, 1.807) is 24.3 Å². The lowest BCUT2D eigenvalue weighted by Gasteiger charge is -2.07. The van der Waals surface area contributed by atoms with Crippen LogP contribution in [-0.4, -0.2) is 44.1 Å². The third-order valence-electron chi connectivity index (χ3n) is 5.83. The van der Waals surface area contributed by atoms with E-state index in [4.69, 9.17) is 10.1 Å². The van der Waals surface area contributed by atoms with Gasteiger partial charge in [-0.3, -0.25) is 14.8 Å². The van der Waals surface area contributed by atoms with Gasteiger partial charge in [0, 0.05) is 29.4 Å². The van der Waals surface area contributed by atoms with E-state index in [0.717, 1.165) is 33.5 Å². The number of pyridine rings is 2. The standard InChI is InChI=1S/C28H25FN6O2/c1-17-5-4-8-24(33-17)27-26(34-25(35-27)16-32-23-7-3-2-6-21(23)29)18-9-10-22-19(13-18)14-20(15-31-22)28(37)30-11-12-36/h2-10,13-15,32,36H,11-12,16H2,1H3,(H,30,37)(H,34,35). The van der Waals surface area contributed by atoms with Crippen molar-refractivity contribution < 1.29 is 14.3 Å². The molecule has 3 heterocycles. The molecule has 37 heavy (non-hydrogen) atoms. The molecule has 5 rings (SSSR count). The van der Waals surface area contributed by atoms with Crippen molar-refractivity contribution in [1.29, 1.82) is 0 Å². The molecule has 0 saturated heterocycles. The molecule has 0 unspecified atom stereocenters. The summed E-state index contributed by atoms with van der Waals surface area (Å²) >= 11 is 0. The number of halogens is 1. The van der Waals surface area contributed by atoms with Crippen LogP contribution in [0.1, 0.15) is 21.9 Å². The Kier molecular flexibility index (Phi) is 6.87. The van der Waals surface area contributed by atoms with Crippen LogP contribution in [0.3, 0.4) is 0 Å². The number of aliphatic hydroxyl groups excluding tert-OH is 1. The second kappa shape index (κ2) is 10.5. The van der Waals surface area contributed by atoms with E-state index in [1.807, 2.05) is 43.3 Å². The average molecular weight is 497 g/mol. The summed E-state index contributed by atoms with van der Waals surface area (Å²) < 4.78 is 14.1. The van der Waals surface area contributed by atoms with E-state index in [2.05, 4.69) is 25.6 Å². The summed E-state index contributed by atoms with van der Waals surface area (Å²) in [6, 6.07) is 19.7. The molecule has 0 aliphatic carbocycles. The number of nitrogens with zero attached hydrogens (tertiary/aromatic N) is 3. The molecule has 186 valence electrons. The summed E-state index contributed by atoms with van der Waals surface area (Å²) in [5, 5.41) is 15.5. The summed E-state index contributed by atoms with van der Waals surface area (Å²) in [6.07, 6.45) is 1.51. The fraction of sp³-hybridized carbons (Fsp3) is 0.143. The van der Waals surface area contributed by atoms with Crippen LogP contribution in [0.5, 0.6) is 0 Å². The van der Waals surface area contributed by atoms with E-state index in [0.29, 0.717) is 22.8 Å². The maximum absolute atomic E-state index is 14.1. The molecule has 8 nitrogen and oxygen atoms in total. The summed E-state index contributed by atoms with van der Waals surface area (Å²) in [6.45, 7) is 2.23. The van der Waals surface area contributed by atoms with Gasteiger partial charge in [-0.2, -0.15) is 0 Å². The van der Waals surface area contributed by atoms with E-state index < -0.39 is 0 Å². The fourth-order valence-corrected chi connectivity index (χ4v) is 4.04. The quantitative estimate of drug-likeness (QED) is 0.252. The Morgan fingerprint density at radius 2 is 1.92 bits per heavy atom. The third kappa shape index (κ3) is 5.31. The second-order valence-electron chi connectivity index (χ2n) is 8.52. The van der Waals surface area contributed by atoms with E-state index in [1.165, 1.54) is 12.3 Å². The lowest BCUT2D eigenvalue weighted by Crippen LogP contribution is -2.26. The lowest BCUT2D eigenvalue weighted by atomic mass is 10.0. The van der Waals surface area contributed by atoms with Crippen LogP contribution in [0.2, 0.25) is 0 Å². The number of nitrogens with one attached hydrogen (secondary N) is 3. The number of imidazole rings is 1. The zero-order valence-electron chi connectivity index (χ0n) is 20.1. The van der Waals surface area contributed by atoms with Crippen molar-refractivity contribution >= 4 is 22.5 Å². The van der Waals surface area contributed by atoms with Crippen molar-refractivity contribution in [1.82, 2.24) is 25.3 Å². The van der Waals surface area contributed by atoms with Gasteiger partial charge in [-0.1, -0.05) is 24.3 Å². The number of aliphatic hydroxyl groups is 1. The number of aryl methyl sites for hydroxylation is 1. The normalized spacial score (nSPS) is 11.0. The van der Waals surface area contributed by atoms with Crippen molar-refractivity contribution in [2.75, 3.05) is 18.5 Å². The van der Waals surface area contributed by atoms with Crippen molar-refractivity contribution in [2.45, 2.75) is 13.5 Å². The molecule has 0 aliphatic rings. The zero-order chi connectivity index (χ0) is 25.8. The van der Waals surface area contributed by atoms with Gasteiger partial charge in [0.15, 0.2) is 0 Å². The van der Waals surface area contributed by atoms with Crippen LogP contribution in [0.15, 0.2) is 72.9 Å². The number of aromatic amines is 1. The van der Waals surface area contributed by atoms with Crippen molar-refractivity contribution in [3.63, 3.8) is 0 Å². The molecule has 4 N–H and O–H groups in total. The SMILES string of the molecule is Cc1cccc(-c2[nH]c(CNc3ccccc3F)nc2-c2ccc3ncc(C(=O)NCCO)cc3c2)n1. The molecule has 5 aromatic rings. The number of hydrogen-bond acceptors (Lipinski definition) is 6. The predicted molar refractivity (Wildman–Crippen MR) is 140 cm³/mol. The first-order valence-electron chi connectivity index (χ1n) is 11.8. The van der Waals surface area contributed by atoms with Gasteiger partial charge in [-0.05, 0) is 49.4 Å². The van der Waals surface area contributed by atoms with E-state index in [-0.39, 0.29) is 31.4 Å². The number of rotatable bonds is 8. The number of hydrogen-bond donors (Lipinski definition) is 4. The first kappa shape index (κ1) is 24.1. The van der Waals surface area contributed by atoms with Gasteiger partial charge in [-0.25, -0.2) is 9.37 Å². The summed E-state index contributed by atoms with van der Waals surface area (Å²) in [5.41, 5.74) is 5.34. The van der Waals surface area contributed by atoms with Gasteiger partial charge in [0.1, 0.15) is 11.6 Å². The molecule has 0 radical (unpaired) electrons. The highest BCUT2D eigenvalue weighted by molar-refractivity contribution is 5.98. The second-order valence-corrected chi connectivity index (χ2v) is 8.52. The van der Waals surface area contributed by atoms with Crippen LogP contribution in [0.25, 0.3) is 33.5 Å². The maximum atomic E-state index is 14.1. The average Bonchev–Trinajstić information content (AvgIpc) is 3.35. The van der Waals surface area contributed by atoms with Crippen molar-refractivity contribution in [3.8, 4) is 22.6 Å². The number of fused-ring (bicyclic) bond motifs is 1. The van der Waals surface area contributed by atoms with Crippen LogP contribution < -0.4 is 10.6 Å². The number of carbonyl (C=O) groups is 1.